The third-order valence-corrected chi connectivity index (χ3v) is 2.98. The Hall–Kier alpha value is 0.210. The number of hydrogen-bond acceptors (Lipinski definition) is 2. The molecule has 0 amide bonds. The van der Waals surface area contributed by atoms with E-state index in [9.17, 15) is 5.11 Å². The molecular formula is C8H16ClNO. The Bertz CT molecular complexity index is 127. The number of β-amino-alcohol motifs (C(OH)–C–C–N with tert-alkyl or cyclic N) is 1. The van der Waals surface area contributed by atoms with Crippen LogP contribution in [0.1, 0.15) is 19.3 Å². The van der Waals surface area contributed by atoms with Crippen molar-refractivity contribution in [3.63, 3.8) is 0 Å². The molecule has 1 saturated carbocycles. The van der Waals surface area contributed by atoms with Gasteiger partial charge in [0.05, 0.1) is 6.10 Å². The quantitative estimate of drug-likeness (QED) is 0.621. The fourth-order valence-electron chi connectivity index (χ4n) is 2.03. The van der Waals surface area contributed by atoms with Crippen LogP contribution in [-0.4, -0.2) is 24.3 Å². The molecule has 1 heterocycles. The van der Waals surface area contributed by atoms with E-state index < -0.39 is 0 Å². The van der Waals surface area contributed by atoms with Crippen LogP contribution >= 0.6 is 12.4 Å². The first-order valence-corrected chi connectivity index (χ1v) is 4.26. The standard InChI is InChI=1S/C8H15NO.ClH/c10-8-5-9-4-7(8)6-2-1-3-6;/h6-10H,1-5H2;1H/t7-,8+;/m0./s1. The maximum absolute atomic E-state index is 9.46. The minimum atomic E-state index is -0.0506. The van der Waals surface area contributed by atoms with E-state index in [4.69, 9.17) is 0 Å². The molecule has 0 aromatic rings. The second-order valence-corrected chi connectivity index (χ2v) is 3.58. The molecular weight excluding hydrogens is 162 g/mol. The van der Waals surface area contributed by atoms with Gasteiger partial charge in [-0.15, -0.1) is 12.4 Å². The summed E-state index contributed by atoms with van der Waals surface area (Å²) in [6.45, 7) is 1.87. The van der Waals surface area contributed by atoms with Crippen LogP contribution in [0.3, 0.4) is 0 Å². The molecule has 1 aliphatic carbocycles. The van der Waals surface area contributed by atoms with E-state index in [0.29, 0.717) is 5.92 Å². The monoisotopic (exact) mass is 177 g/mol. The van der Waals surface area contributed by atoms with Crippen molar-refractivity contribution in [2.45, 2.75) is 25.4 Å². The van der Waals surface area contributed by atoms with Crippen LogP contribution in [-0.2, 0) is 0 Å². The summed E-state index contributed by atoms with van der Waals surface area (Å²) >= 11 is 0. The molecule has 0 spiro atoms. The highest BCUT2D eigenvalue weighted by Crippen LogP contribution is 2.36. The van der Waals surface area contributed by atoms with Gasteiger partial charge in [0.2, 0.25) is 0 Å². The molecule has 0 bridgehead atoms. The van der Waals surface area contributed by atoms with E-state index in [1.54, 1.807) is 0 Å². The van der Waals surface area contributed by atoms with Gasteiger partial charge in [-0.05, 0) is 5.92 Å². The summed E-state index contributed by atoms with van der Waals surface area (Å²) in [5, 5.41) is 12.7. The van der Waals surface area contributed by atoms with Crippen LogP contribution in [0.25, 0.3) is 0 Å². The predicted molar refractivity (Wildman–Crippen MR) is 47.0 cm³/mol. The van der Waals surface area contributed by atoms with Gasteiger partial charge < -0.3 is 10.4 Å². The number of aliphatic hydroxyl groups is 1. The molecule has 11 heavy (non-hydrogen) atoms. The third-order valence-electron chi connectivity index (χ3n) is 2.98. The smallest absolute Gasteiger partial charge is 0.0707 e. The van der Waals surface area contributed by atoms with Gasteiger partial charge in [-0.2, -0.15) is 0 Å². The molecule has 0 aromatic carbocycles. The molecule has 3 heteroatoms. The van der Waals surface area contributed by atoms with Crippen LogP contribution in [0, 0.1) is 11.8 Å². The van der Waals surface area contributed by atoms with E-state index in [2.05, 4.69) is 5.32 Å². The Labute approximate surface area is 73.8 Å². The molecule has 0 aromatic heterocycles. The fraction of sp³-hybridized carbons (Fsp3) is 1.00. The second-order valence-electron chi connectivity index (χ2n) is 3.58. The lowest BCUT2D eigenvalue weighted by molar-refractivity contribution is 0.0807. The highest BCUT2D eigenvalue weighted by atomic mass is 35.5. The highest BCUT2D eigenvalue weighted by molar-refractivity contribution is 5.85. The lowest BCUT2D eigenvalue weighted by atomic mass is 9.75. The van der Waals surface area contributed by atoms with Crippen molar-refractivity contribution in [3.05, 3.63) is 0 Å². The minimum absolute atomic E-state index is 0. The molecule has 2 rings (SSSR count). The summed E-state index contributed by atoms with van der Waals surface area (Å²) in [5.74, 6) is 1.42. The molecule has 0 radical (unpaired) electrons. The Morgan fingerprint density at radius 3 is 2.27 bits per heavy atom. The predicted octanol–water partition coefficient (Wildman–Crippen LogP) is 0.789. The molecule has 2 N–H and O–H groups in total. The first-order chi connectivity index (χ1) is 4.88. The topological polar surface area (TPSA) is 32.3 Å². The van der Waals surface area contributed by atoms with E-state index in [-0.39, 0.29) is 18.5 Å². The van der Waals surface area contributed by atoms with Crippen molar-refractivity contribution in [1.82, 2.24) is 5.32 Å². The van der Waals surface area contributed by atoms with Crippen molar-refractivity contribution >= 4 is 12.4 Å². The van der Waals surface area contributed by atoms with E-state index >= 15 is 0 Å². The normalized spacial score (nSPS) is 37.9. The van der Waals surface area contributed by atoms with Gasteiger partial charge in [0.25, 0.3) is 0 Å². The fourth-order valence-corrected chi connectivity index (χ4v) is 2.03. The molecule has 0 unspecified atom stereocenters. The van der Waals surface area contributed by atoms with Gasteiger partial charge in [0.15, 0.2) is 0 Å². The van der Waals surface area contributed by atoms with Crippen LogP contribution in [0.4, 0.5) is 0 Å². The number of nitrogens with one attached hydrogen (secondary N) is 1. The zero-order valence-corrected chi connectivity index (χ0v) is 7.44. The van der Waals surface area contributed by atoms with Gasteiger partial charge in [0, 0.05) is 19.0 Å². The Morgan fingerprint density at radius 1 is 1.18 bits per heavy atom. The SMILES string of the molecule is Cl.O[C@@H]1CNC[C@H]1C1CCC1. The van der Waals surface area contributed by atoms with E-state index in [1.165, 1.54) is 19.3 Å². The number of rotatable bonds is 1. The summed E-state index contributed by atoms with van der Waals surface area (Å²) in [5.41, 5.74) is 0. The molecule has 1 saturated heterocycles. The summed E-state index contributed by atoms with van der Waals surface area (Å²) in [6, 6.07) is 0. The lowest BCUT2D eigenvalue weighted by Crippen LogP contribution is -2.30. The third kappa shape index (κ3) is 1.68. The van der Waals surface area contributed by atoms with Crippen molar-refractivity contribution < 1.29 is 5.11 Å². The van der Waals surface area contributed by atoms with Gasteiger partial charge in [-0.1, -0.05) is 19.3 Å². The van der Waals surface area contributed by atoms with Crippen LogP contribution in [0.15, 0.2) is 0 Å². The Kier molecular flexibility index (Phi) is 3.16. The van der Waals surface area contributed by atoms with Crippen molar-refractivity contribution in [2.75, 3.05) is 13.1 Å². The van der Waals surface area contributed by atoms with Crippen molar-refractivity contribution in [1.29, 1.82) is 0 Å². The summed E-state index contributed by atoms with van der Waals surface area (Å²) in [7, 11) is 0. The second kappa shape index (κ2) is 3.74. The zero-order chi connectivity index (χ0) is 6.97. The maximum Gasteiger partial charge on any atom is 0.0707 e. The summed E-state index contributed by atoms with van der Waals surface area (Å²) in [6.07, 6.45) is 4.03. The number of halogens is 1. The van der Waals surface area contributed by atoms with Crippen LogP contribution in [0.5, 0.6) is 0 Å². The first kappa shape index (κ1) is 9.30. The average molecular weight is 178 g/mol. The molecule has 2 aliphatic rings. The molecule has 2 nitrogen and oxygen atoms in total. The first-order valence-electron chi connectivity index (χ1n) is 4.26. The molecule has 1 aliphatic heterocycles. The summed E-state index contributed by atoms with van der Waals surface area (Å²) in [4.78, 5) is 0. The zero-order valence-electron chi connectivity index (χ0n) is 6.62. The van der Waals surface area contributed by atoms with Gasteiger partial charge in [0.1, 0.15) is 0 Å². The van der Waals surface area contributed by atoms with E-state index in [1.807, 2.05) is 0 Å². The van der Waals surface area contributed by atoms with E-state index in [0.717, 1.165) is 19.0 Å². The lowest BCUT2D eigenvalue weighted by Gasteiger charge is -2.32. The van der Waals surface area contributed by atoms with Crippen LogP contribution in [0.2, 0.25) is 0 Å². The summed E-state index contributed by atoms with van der Waals surface area (Å²) < 4.78 is 0. The highest BCUT2D eigenvalue weighted by Gasteiger charge is 2.35. The Morgan fingerprint density at radius 2 is 1.91 bits per heavy atom. The minimum Gasteiger partial charge on any atom is -0.391 e. The van der Waals surface area contributed by atoms with Crippen molar-refractivity contribution in [3.8, 4) is 0 Å². The molecule has 2 atom stereocenters. The van der Waals surface area contributed by atoms with Gasteiger partial charge in [-0.3, -0.25) is 0 Å². The molecule has 66 valence electrons. The largest absolute Gasteiger partial charge is 0.391 e. The Balaban J connectivity index is 0.000000605. The molecule has 2 fully saturated rings. The van der Waals surface area contributed by atoms with Gasteiger partial charge in [-0.25, -0.2) is 0 Å². The van der Waals surface area contributed by atoms with Gasteiger partial charge >= 0.3 is 0 Å². The number of aliphatic hydroxyl groups excluding tert-OH is 1. The maximum atomic E-state index is 9.46. The van der Waals surface area contributed by atoms with Crippen molar-refractivity contribution in [2.24, 2.45) is 11.8 Å². The average Bonchev–Trinajstić information content (AvgIpc) is 2.12. The van der Waals surface area contributed by atoms with Crippen LogP contribution < -0.4 is 5.32 Å². The number of hydrogen-bond donors (Lipinski definition) is 2.